The molecule has 1 saturated carbocycles. The normalized spacial score (nSPS) is 15.5. The lowest BCUT2D eigenvalue weighted by molar-refractivity contribution is 0.394. The Morgan fingerprint density at radius 3 is 2.57 bits per heavy atom. The molecule has 1 aliphatic carbocycles. The number of ether oxygens (including phenoxy) is 1. The zero-order chi connectivity index (χ0) is 15.6. The Hall–Kier alpha value is -0.820. The summed E-state index contributed by atoms with van der Waals surface area (Å²) in [7, 11) is -2.14. The van der Waals surface area contributed by atoms with Crippen molar-refractivity contribution >= 4 is 21.6 Å². The van der Waals surface area contributed by atoms with Gasteiger partial charge in [-0.25, -0.2) is 13.1 Å². The number of nitrogens with one attached hydrogen (secondary N) is 2. The van der Waals surface area contributed by atoms with Crippen molar-refractivity contribution < 1.29 is 13.2 Å². The molecule has 1 aromatic rings. The van der Waals surface area contributed by atoms with Gasteiger partial charge < -0.3 is 10.1 Å². The zero-order valence-corrected chi connectivity index (χ0v) is 14.0. The molecule has 0 atom stereocenters. The second kappa shape index (κ2) is 6.52. The van der Waals surface area contributed by atoms with Gasteiger partial charge >= 0.3 is 0 Å². The van der Waals surface area contributed by atoms with E-state index in [9.17, 15) is 8.42 Å². The van der Waals surface area contributed by atoms with Crippen LogP contribution in [0.5, 0.6) is 5.75 Å². The highest BCUT2D eigenvalue weighted by molar-refractivity contribution is 7.89. The fourth-order valence-corrected chi connectivity index (χ4v) is 3.83. The molecule has 0 aromatic heterocycles. The van der Waals surface area contributed by atoms with Crippen LogP contribution in [-0.2, 0) is 16.6 Å². The Kier molecular flexibility index (Phi) is 5.14. The highest BCUT2D eigenvalue weighted by Gasteiger charge is 2.30. The minimum absolute atomic E-state index is 0.0379. The van der Waals surface area contributed by atoms with Crippen LogP contribution in [0.2, 0.25) is 5.02 Å². The number of hydrogen-bond acceptors (Lipinski definition) is 4. The number of benzene rings is 1. The van der Waals surface area contributed by atoms with Gasteiger partial charge in [0.05, 0.1) is 7.11 Å². The second-order valence-corrected chi connectivity index (χ2v) is 7.65. The summed E-state index contributed by atoms with van der Waals surface area (Å²) < 4.78 is 32.9. The van der Waals surface area contributed by atoms with Crippen molar-refractivity contribution in [2.75, 3.05) is 7.11 Å². The zero-order valence-electron chi connectivity index (χ0n) is 12.4. The molecule has 0 aliphatic heterocycles. The van der Waals surface area contributed by atoms with Crippen LogP contribution < -0.4 is 14.8 Å². The molecule has 0 radical (unpaired) electrons. The quantitative estimate of drug-likeness (QED) is 0.804. The Labute approximate surface area is 131 Å². The van der Waals surface area contributed by atoms with Crippen LogP contribution in [-0.4, -0.2) is 27.6 Å². The fourth-order valence-electron chi connectivity index (χ4n) is 1.98. The van der Waals surface area contributed by atoms with Gasteiger partial charge in [-0.2, -0.15) is 0 Å². The second-order valence-electron chi connectivity index (χ2n) is 5.53. The first-order chi connectivity index (χ1) is 9.83. The lowest BCUT2D eigenvalue weighted by Crippen LogP contribution is -2.27. The summed E-state index contributed by atoms with van der Waals surface area (Å²) in [6.07, 6.45) is 1.76. The molecule has 21 heavy (non-hydrogen) atoms. The average Bonchev–Trinajstić information content (AvgIpc) is 3.18. The molecule has 2 rings (SSSR count). The topological polar surface area (TPSA) is 67.4 Å². The van der Waals surface area contributed by atoms with Gasteiger partial charge in [0.2, 0.25) is 10.0 Å². The molecule has 0 bridgehead atoms. The van der Waals surface area contributed by atoms with E-state index in [0.717, 1.165) is 18.4 Å². The minimum atomic E-state index is -3.61. The minimum Gasteiger partial charge on any atom is -0.495 e. The largest absolute Gasteiger partial charge is 0.495 e. The molecule has 0 saturated heterocycles. The maximum atomic E-state index is 12.4. The molecule has 0 heterocycles. The monoisotopic (exact) mass is 332 g/mol. The third-order valence-corrected chi connectivity index (χ3v) is 4.93. The molecule has 1 aromatic carbocycles. The van der Waals surface area contributed by atoms with Gasteiger partial charge in [-0.15, -0.1) is 0 Å². The highest BCUT2D eigenvalue weighted by Crippen LogP contribution is 2.33. The number of hydrogen-bond donors (Lipinski definition) is 2. The van der Waals surface area contributed by atoms with E-state index in [0.29, 0.717) is 17.3 Å². The maximum absolute atomic E-state index is 12.4. The predicted octanol–water partition coefficient (Wildman–Crippen LogP) is 2.29. The summed E-state index contributed by atoms with van der Waals surface area (Å²) in [6.45, 7) is 4.53. The lowest BCUT2D eigenvalue weighted by Gasteiger charge is -2.16. The predicted molar refractivity (Wildman–Crippen MR) is 83.3 cm³/mol. The molecular formula is C14H21ClN2O3S. The Morgan fingerprint density at radius 1 is 1.38 bits per heavy atom. The lowest BCUT2D eigenvalue weighted by atomic mass is 10.2. The van der Waals surface area contributed by atoms with E-state index in [1.54, 1.807) is 6.07 Å². The summed E-state index contributed by atoms with van der Waals surface area (Å²) in [6, 6.07) is 3.48. The first-order valence-corrected chi connectivity index (χ1v) is 8.81. The average molecular weight is 333 g/mol. The van der Waals surface area contributed by atoms with Crippen molar-refractivity contribution in [3.63, 3.8) is 0 Å². The summed E-state index contributed by atoms with van der Waals surface area (Å²) in [5, 5.41) is 3.62. The van der Waals surface area contributed by atoms with Gasteiger partial charge in [0.15, 0.2) is 0 Å². The van der Waals surface area contributed by atoms with E-state index < -0.39 is 10.0 Å². The van der Waals surface area contributed by atoms with Crippen molar-refractivity contribution in [3.8, 4) is 5.75 Å². The highest BCUT2D eigenvalue weighted by atomic mass is 35.5. The molecule has 0 amide bonds. The maximum Gasteiger partial charge on any atom is 0.244 e. The SMILES string of the molecule is COc1c(CNC(C)C)cc(Cl)cc1S(=O)(=O)NC1CC1. The van der Waals surface area contributed by atoms with Gasteiger partial charge in [0.25, 0.3) is 0 Å². The van der Waals surface area contributed by atoms with Crippen molar-refractivity contribution in [1.29, 1.82) is 0 Å². The Bertz CT molecular complexity index is 613. The van der Waals surface area contributed by atoms with Crippen LogP contribution in [0, 0.1) is 0 Å². The van der Waals surface area contributed by atoms with Crippen molar-refractivity contribution in [3.05, 3.63) is 22.7 Å². The number of rotatable bonds is 7. The van der Waals surface area contributed by atoms with Crippen LogP contribution in [0.3, 0.4) is 0 Å². The smallest absolute Gasteiger partial charge is 0.244 e. The first kappa shape index (κ1) is 16.5. The summed E-state index contributed by atoms with van der Waals surface area (Å²) in [4.78, 5) is 0.102. The summed E-state index contributed by atoms with van der Waals surface area (Å²) in [5.74, 6) is 0.348. The molecule has 0 spiro atoms. The molecule has 2 N–H and O–H groups in total. The van der Waals surface area contributed by atoms with Crippen LogP contribution >= 0.6 is 11.6 Å². The van der Waals surface area contributed by atoms with Gasteiger partial charge in [0.1, 0.15) is 10.6 Å². The number of methoxy groups -OCH3 is 1. The van der Waals surface area contributed by atoms with Crippen LogP contribution in [0.15, 0.2) is 17.0 Å². The Balaban J connectivity index is 2.39. The summed E-state index contributed by atoms with van der Waals surface area (Å²) >= 11 is 6.08. The van der Waals surface area contributed by atoms with Crippen molar-refractivity contribution in [2.24, 2.45) is 0 Å². The van der Waals surface area contributed by atoms with E-state index in [-0.39, 0.29) is 17.0 Å². The van der Waals surface area contributed by atoms with Gasteiger partial charge in [0, 0.05) is 29.2 Å². The standard InChI is InChI=1S/C14H21ClN2O3S/c1-9(2)16-8-10-6-11(15)7-13(14(10)20-3)21(18,19)17-12-4-5-12/h6-7,9,12,16-17H,4-5,8H2,1-3H3. The molecule has 1 aliphatic rings. The van der Waals surface area contributed by atoms with Gasteiger partial charge in [-0.05, 0) is 25.0 Å². The van der Waals surface area contributed by atoms with E-state index in [1.807, 2.05) is 13.8 Å². The van der Waals surface area contributed by atoms with E-state index in [4.69, 9.17) is 16.3 Å². The molecule has 0 unspecified atom stereocenters. The molecule has 5 nitrogen and oxygen atoms in total. The molecule has 7 heteroatoms. The van der Waals surface area contributed by atoms with Crippen molar-refractivity contribution in [2.45, 2.75) is 50.2 Å². The van der Waals surface area contributed by atoms with Crippen LogP contribution in [0.4, 0.5) is 0 Å². The Morgan fingerprint density at radius 2 is 2.05 bits per heavy atom. The molecule has 118 valence electrons. The number of sulfonamides is 1. The van der Waals surface area contributed by atoms with E-state index in [1.165, 1.54) is 13.2 Å². The first-order valence-electron chi connectivity index (χ1n) is 6.95. The molecular weight excluding hydrogens is 312 g/mol. The number of halogens is 1. The van der Waals surface area contributed by atoms with E-state index in [2.05, 4.69) is 10.0 Å². The molecule has 1 fully saturated rings. The van der Waals surface area contributed by atoms with Crippen LogP contribution in [0.1, 0.15) is 32.3 Å². The fraction of sp³-hybridized carbons (Fsp3) is 0.571. The summed E-state index contributed by atoms with van der Waals surface area (Å²) in [5.41, 5.74) is 0.731. The third-order valence-electron chi connectivity index (χ3n) is 3.19. The van der Waals surface area contributed by atoms with E-state index >= 15 is 0 Å². The van der Waals surface area contributed by atoms with Gasteiger partial charge in [-0.3, -0.25) is 0 Å². The van der Waals surface area contributed by atoms with Crippen molar-refractivity contribution in [1.82, 2.24) is 10.0 Å². The van der Waals surface area contributed by atoms with Crippen LogP contribution in [0.25, 0.3) is 0 Å². The van der Waals surface area contributed by atoms with Gasteiger partial charge in [-0.1, -0.05) is 25.4 Å². The third kappa shape index (κ3) is 4.32.